The molecule has 0 amide bonds. The number of carbonyl (C=O) groups excluding carboxylic acids is 1. The zero-order valence-corrected chi connectivity index (χ0v) is 13.4. The summed E-state index contributed by atoms with van der Waals surface area (Å²) in [6.45, 7) is 2.02. The smallest absolute Gasteiger partial charge is 0.310 e. The standard InChI is InChI=1S/C17H28FNO2/c1-10-8-11(4-6-14(10)18)13-9-12-5-7-15(19(12)2)16(13)17(20)21-3/h10-16H,4-9H2,1-3H3/t10?,11?,12-,13-,14?,15?,16?/m1/s1. The molecule has 3 fully saturated rings. The zero-order chi connectivity index (χ0) is 15.1. The highest BCUT2D eigenvalue weighted by Gasteiger charge is 2.51. The lowest BCUT2D eigenvalue weighted by Crippen LogP contribution is -2.52. The van der Waals surface area contributed by atoms with Gasteiger partial charge in [-0.15, -0.1) is 0 Å². The van der Waals surface area contributed by atoms with Gasteiger partial charge in [0, 0.05) is 12.1 Å². The lowest BCUT2D eigenvalue weighted by Gasteiger charge is -2.46. The van der Waals surface area contributed by atoms with Gasteiger partial charge in [0.15, 0.2) is 0 Å². The van der Waals surface area contributed by atoms with Crippen LogP contribution in [0.2, 0.25) is 0 Å². The van der Waals surface area contributed by atoms with Gasteiger partial charge in [-0.05, 0) is 63.3 Å². The van der Waals surface area contributed by atoms with Crippen molar-refractivity contribution in [2.75, 3.05) is 14.2 Å². The monoisotopic (exact) mass is 297 g/mol. The third-order valence-corrected chi connectivity index (χ3v) is 6.50. The highest BCUT2D eigenvalue weighted by molar-refractivity contribution is 5.74. The molecule has 0 aromatic carbocycles. The van der Waals surface area contributed by atoms with Crippen LogP contribution in [-0.4, -0.2) is 43.3 Å². The molecule has 2 saturated heterocycles. The number of nitrogens with zero attached hydrogens (tertiary/aromatic N) is 1. The number of rotatable bonds is 2. The Kier molecular flexibility index (Phi) is 4.26. The van der Waals surface area contributed by atoms with E-state index in [9.17, 15) is 9.18 Å². The van der Waals surface area contributed by atoms with Crippen LogP contribution in [0.3, 0.4) is 0 Å². The largest absolute Gasteiger partial charge is 0.469 e. The molecule has 0 aromatic heterocycles. The van der Waals surface area contributed by atoms with Crippen molar-refractivity contribution in [2.45, 2.75) is 63.7 Å². The van der Waals surface area contributed by atoms with E-state index in [-0.39, 0.29) is 17.8 Å². The van der Waals surface area contributed by atoms with Crippen molar-refractivity contribution >= 4 is 5.97 Å². The maximum absolute atomic E-state index is 13.8. The number of fused-ring (bicyclic) bond motifs is 2. The van der Waals surface area contributed by atoms with E-state index in [0.717, 1.165) is 25.7 Å². The van der Waals surface area contributed by atoms with Gasteiger partial charge < -0.3 is 4.74 Å². The molecule has 1 saturated carbocycles. The maximum Gasteiger partial charge on any atom is 0.310 e. The third-order valence-electron chi connectivity index (χ3n) is 6.50. The van der Waals surface area contributed by atoms with Crippen LogP contribution in [0.5, 0.6) is 0 Å². The number of piperidine rings is 1. The Morgan fingerprint density at radius 1 is 1.19 bits per heavy atom. The first-order chi connectivity index (χ1) is 10.0. The van der Waals surface area contributed by atoms with E-state index in [2.05, 4.69) is 11.9 Å². The molecule has 21 heavy (non-hydrogen) atoms. The van der Waals surface area contributed by atoms with E-state index in [1.165, 1.54) is 13.5 Å². The van der Waals surface area contributed by atoms with Gasteiger partial charge >= 0.3 is 5.97 Å². The van der Waals surface area contributed by atoms with Crippen molar-refractivity contribution in [1.29, 1.82) is 0 Å². The van der Waals surface area contributed by atoms with E-state index >= 15 is 0 Å². The SMILES string of the molecule is COC(=O)C1C2CC[C@H](C[C@@H]1C1CCC(F)C(C)C1)N2C. The molecule has 2 bridgehead atoms. The first kappa shape index (κ1) is 15.3. The molecule has 7 atom stereocenters. The Balaban J connectivity index is 1.80. The Morgan fingerprint density at radius 2 is 1.95 bits per heavy atom. The van der Waals surface area contributed by atoms with Gasteiger partial charge in [-0.2, -0.15) is 0 Å². The summed E-state index contributed by atoms with van der Waals surface area (Å²) < 4.78 is 18.9. The van der Waals surface area contributed by atoms with Gasteiger partial charge in [0.05, 0.1) is 13.0 Å². The summed E-state index contributed by atoms with van der Waals surface area (Å²) in [5, 5.41) is 0. The summed E-state index contributed by atoms with van der Waals surface area (Å²) in [7, 11) is 3.65. The van der Waals surface area contributed by atoms with Gasteiger partial charge in [-0.3, -0.25) is 9.69 Å². The zero-order valence-electron chi connectivity index (χ0n) is 13.4. The van der Waals surface area contributed by atoms with Gasteiger partial charge in [-0.25, -0.2) is 4.39 Å². The number of halogens is 1. The Bertz CT molecular complexity index is 402. The molecule has 3 rings (SSSR count). The average Bonchev–Trinajstić information content (AvgIpc) is 2.72. The van der Waals surface area contributed by atoms with Crippen LogP contribution in [-0.2, 0) is 9.53 Å². The third kappa shape index (κ3) is 2.60. The highest BCUT2D eigenvalue weighted by atomic mass is 19.1. The number of alkyl halides is 1. The fraction of sp³-hybridized carbons (Fsp3) is 0.941. The molecule has 0 radical (unpaired) electrons. The van der Waals surface area contributed by atoms with E-state index < -0.39 is 6.17 Å². The molecule has 5 unspecified atom stereocenters. The highest BCUT2D eigenvalue weighted by Crippen LogP contribution is 2.49. The van der Waals surface area contributed by atoms with E-state index in [4.69, 9.17) is 4.74 Å². The minimum absolute atomic E-state index is 0.00730. The minimum Gasteiger partial charge on any atom is -0.469 e. The number of hydrogen-bond donors (Lipinski definition) is 0. The number of hydrogen-bond acceptors (Lipinski definition) is 3. The molecule has 0 N–H and O–H groups in total. The second-order valence-corrected chi connectivity index (χ2v) is 7.48. The predicted molar refractivity (Wildman–Crippen MR) is 79.6 cm³/mol. The first-order valence-electron chi connectivity index (χ1n) is 8.46. The number of esters is 1. The summed E-state index contributed by atoms with van der Waals surface area (Å²) in [4.78, 5) is 14.8. The minimum atomic E-state index is -0.652. The lowest BCUT2D eigenvalue weighted by atomic mass is 9.66. The van der Waals surface area contributed by atoms with Crippen molar-refractivity contribution < 1.29 is 13.9 Å². The molecule has 0 spiro atoms. The van der Waals surface area contributed by atoms with Crippen LogP contribution in [0.4, 0.5) is 4.39 Å². The number of carbonyl (C=O) groups is 1. The Hall–Kier alpha value is -0.640. The Morgan fingerprint density at radius 3 is 2.62 bits per heavy atom. The molecule has 4 heteroatoms. The number of ether oxygens (including phenoxy) is 1. The second kappa shape index (κ2) is 5.86. The average molecular weight is 297 g/mol. The van der Waals surface area contributed by atoms with Crippen molar-refractivity contribution in [3.8, 4) is 0 Å². The second-order valence-electron chi connectivity index (χ2n) is 7.48. The summed E-state index contributed by atoms with van der Waals surface area (Å²) in [5.41, 5.74) is 0. The fourth-order valence-corrected chi connectivity index (χ4v) is 5.25. The van der Waals surface area contributed by atoms with Gasteiger partial charge in [0.1, 0.15) is 6.17 Å². The summed E-state index contributed by atoms with van der Waals surface area (Å²) >= 11 is 0. The molecule has 0 aromatic rings. The predicted octanol–water partition coefficient (Wildman–Crippen LogP) is 3.03. The van der Waals surface area contributed by atoms with Crippen LogP contribution < -0.4 is 0 Å². The molecular weight excluding hydrogens is 269 g/mol. The molecule has 3 aliphatic rings. The molecule has 120 valence electrons. The van der Waals surface area contributed by atoms with Crippen molar-refractivity contribution in [1.82, 2.24) is 4.90 Å². The molecule has 3 nitrogen and oxygen atoms in total. The fourth-order valence-electron chi connectivity index (χ4n) is 5.25. The summed E-state index contributed by atoms with van der Waals surface area (Å²) in [5.74, 6) is 0.965. The van der Waals surface area contributed by atoms with Crippen molar-refractivity contribution in [3.05, 3.63) is 0 Å². The van der Waals surface area contributed by atoms with Crippen LogP contribution in [0.25, 0.3) is 0 Å². The molecular formula is C17H28FNO2. The number of methoxy groups -OCH3 is 1. The van der Waals surface area contributed by atoms with Gasteiger partial charge in [-0.1, -0.05) is 6.92 Å². The van der Waals surface area contributed by atoms with Crippen LogP contribution in [0.1, 0.15) is 45.4 Å². The molecule has 2 heterocycles. The quantitative estimate of drug-likeness (QED) is 0.734. The molecule has 2 aliphatic heterocycles. The van der Waals surface area contributed by atoms with Crippen molar-refractivity contribution in [3.63, 3.8) is 0 Å². The van der Waals surface area contributed by atoms with Crippen LogP contribution in [0, 0.1) is 23.7 Å². The summed E-state index contributed by atoms with van der Waals surface area (Å²) in [6, 6.07) is 0.943. The van der Waals surface area contributed by atoms with Crippen LogP contribution >= 0.6 is 0 Å². The lowest BCUT2D eigenvalue weighted by molar-refractivity contribution is -0.154. The van der Waals surface area contributed by atoms with E-state index in [1.54, 1.807) is 0 Å². The summed E-state index contributed by atoms with van der Waals surface area (Å²) in [6.07, 6.45) is 5.27. The van der Waals surface area contributed by atoms with Crippen molar-refractivity contribution in [2.24, 2.45) is 23.7 Å². The Labute approximate surface area is 127 Å². The first-order valence-corrected chi connectivity index (χ1v) is 8.46. The normalized spacial score (nSPS) is 47.3. The molecule has 1 aliphatic carbocycles. The topological polar surface area (TPSA) is 29.5 Å². The van der Waals surface area contributed by atoms with Gasteiger partial charge in [0.25, 0.3) is 0 Å². The van der Waals surface area contributed by atoms with E-state index in [1.807, 2.05) is 6.92 Å². The van der Waals surface area contributed by atoms with Gasteiger partial charge in [0.2, 0.25) is 0 Å². The van der Waals surface area contributed by atoms with E-state index in [0.29, 0.717) is 30.3 Å². The van der Waals surface area contributed by atoms with Crippen LogP contribution in [0.15, 0.2) is 0 Å². The maximum atomic E-state index is 13.8.